The van der Waals surface area contributed by atoms with E-state index in [2.05, 4.69) is 50.4 Å². The van der Waals surface area contributed by atoms with Crippen molar-refractivity contribution < 1.29 is 0 Å². The molecule has 0 bridgehead atoms. The fraction of sp³-hybridized carbons (Fsp3) is 0.571. The first-order valence-corrected chi connectivity index (χ1v) is 7.23. The maximum absolute atomic E-state index is 3.55. The molecule has 0 heterocycles. The van der Waals surface area contributed by atoms with Crippen LogP contribution in [-0.4, -0.2) is 12.3 Å². The fourth-order valence-corrected chi connectivity index (χ4v) is 2.66. The molecule has 90 valence electrons. The monoisotopic (exact) mass is 237 g/mol. The Bertz CT molecular complexity index is 299. The smallest absolute Gasteiger partial charge is 0.0302 e. The van der Waals surface area contributed by atoms with Gasteiger partial charge in [-0.2, -0.15) is 0 Å². The van der Waals surface area contributed by atoms with Crippen LogP contribution in [0.5, 0.6) is 0 Å². The Labute approximate surface area is 104 Å². The molecule has 0 spiro atoms. The summed E-state index contributed by atoms with van der Waals surface area (Å²) in [6.07, 6.45) is 2.42. The minimum absolute atomic E-state index is 0.459. The van der Waals surface area contributed by atoms with Crippen molar-refractivity contribution in [2.45, 2.75) is 44.6 Å². The van der Waals surface area contributed by atoms with Crippen LogP contribution in [0.4, 0.5) is 0 Å². The zero-order valence-corrected chi connectivity index (χ0v) is 11.4. The number of hydrogen-bond donors (Lipinski definition) is 1. The Kier molecular flexibility index (Phi) is 6.58. The van der Waals surface area contributed by atoms with Crippen molar-refractivity contribution in [3.8, 4) is 0 Å². The van der Waals surface area contributed by atoms with Crippen LogP contribution in [0.25, 0.3) is 0 Å². The predicted octanol–water partition coefficient (Wildman–Crippen LogP) is 4.25. The predicted molar refractivity (Wildman–Crippen MR) is 74.2 cm³/mol. The Morgan fingerprint density at radius 1 is 1.19 bits per heavy atom. The van der Waals surface area contributed by atoms with Gasteiger partial charge >= 0.3 is 0 Å². The molecule has 1 unspecified atom stereocenters. The van der Waals surface area contributed by atoms with E-state index in [0.29, 0.717) is 6.04 Å². The molecule has 0 aliphatic rings. The van der Waals surface area contributed by atoms with Gasteiger partial charge in [0.2, 0.25) is 0 Å². The van der Waals surface area contributed by atoms with E-state index >= 15 is 0 Å². The number of thioether (sulfide) groups is 1. The second-order valence-electron chi connectivity index (χ2n) is 4.06. The van der Waals surface area contributed by atoms with E-state index in [9.17, 15) is 0 Å². The highest BCUT2D eigenvalue weighted by molar-refractivity contribution is 7.99. The van der Waals surface area contributed by atoms with Gasteiger partial charge in [0.25, 0.3) is 0 Å². The summed E-state index contributed by atoms with van der Waals surface area (Å²) in [4.78, 5) is 1.43. The Morgan fingerprint density at radius 2 is 1.94 bits per heavy atom. The normalized spacial score (nSPS) is 12.7. The van der Waals surface area contributed by atoms with Crippen molar-refractivity contribution in [3.63, 3.8) is 0 Å². The van der Waals surface area contributed by atoms with E-state index < -0.39 is 0 Å². The molecule has 1 nitrogen and oxygen atoms in total. The summed E-state index contributed by atoms with van der Waals surface area (Å²) < 4.78 is 0. The van der Waals surface area contributed by atoms with E-state index in [1.54, 1.807) is 0 Å². The molecule has 1 atom stereocenters. The van der Waals surface area contributed by atoms with Crippen molar-refractivity contribution in [1.29, 1.82) is 0 Å². The Hall–Kier alpha value is -0.470. The Balaban J connectivity index is 2.68. The van der Waals surface area contributed by atoms with Crippen LogP contribution < -0.4 is 5.32 Å². The molecule has 2 heteroatoms. The standard InChI is InChI=1S/C14H23NS/c1-4-10-15-12(3)13-8-6-7-9-14(13)16-11-5-2/h6-9,12,15H,4-5,10-11H2,1-3H3. The van der Waals surface area contributed by atoms with Gasteiger partial charge in [-0.05, 0) is 43.7 Å². The zero-order valence-electron chi connectivity index (χ0n) is 10.6. The van der Waals surface area contributed by atoms with Gasteiger partial charge in [0.15, 0.2) is 0 Å². The summed E-state index contributed by atoms with van der Waals surface area (Å²) in [6.45, 7) is 7.78. The summed E-state index contributed by atoms with van der Waals surface area (Å²) in [5, 5.41) is 3.55. The van der Waals surface area contributed by atoms with Crippen molar-refractivity contribution in [2.24, 2.45) is 0 Å². The lowest BCUT2D eigenvalue weighted by Crippen LogP contribution is -2.19. The molecule has 1 aromatic carbocycles. The van der Waals surface area contributed by atoms with Crippen molar-refractivity contribution in [2.75, 3.05) is 12.3 Å². The summed E-state index contributed by atoms with van der Waals surface area (Å²) in [6, 6.07) is 9.20. The van der Waals surface area contributed by atoms with Gasteiger partial charge in [0, 0.05) is 10.9 Å². The van der Waals surface area contributed by atoms with E-state index in [-0.39, 0.29) is 0 Å². The summed E-state index contributed by atoms with van der Waals surface area (Å²) in [5.74, 6) is 1.21. The summed E-state index contributed by atoms with van der Waals surface area (Å²) in [7, 11) is 0. The van der Waals surface area contributed by atoms with Gasteiger partial charge in [-0.25, -0.2) is 0 Å². The maximum atomic E-state index is 3.55. The first-order valence-electron chi connectivity index (χ1n) is 6.24. The molecule has 0 fully saturated rings. The van der Waals surface area contributed by atoms with Crippen molar-refractivity contribution in [3.05, 3.63) is 29.8 Å². The number of benzene rings is 1. The first-order chi connectivity index (χ1) is 7.79. The third-order valence-corrected chi connectivity index (χ3v) is 3.84. The van der Waals surface area contributed by atoms with Crippen LogP contribution in [0.15, 0.2) is 29.2 Å². The average molecular weight is 237 g/mol. The molecule has 0 amide bonds. The lowest BCUT2D eigenvalue weighted by Gasteiger charge is -2.17. The molecule has 1 N–H and O–H groups in total. The Morgan fingerprint density at radius 3 is 2.62 bits per heavy atom. The van der Waals surface area contributed by atoms with Crippen LogP contribution in [0.3, 0.4) is 0 Å². The van der Waals surface area contributed by atoms with Gasteiger partial charge in [-0.15, -0.1) is 11.8 Å². The van der Waals surface area contributed by atoms with Crippen molar-refractivity contribution >= 4 is 11.8 Å². The van der Waals surface area contributed by atoms with Crippen molar-refractivity contribution in [1.82, 2.24) is 5.32 Å². The van der Waals surface area contributed by atoms with Crippen LogP contribution in [0.2, 0.25) is 0 Å². The topological polar surface area (TPSA) is 12.0 Å². The first kappa shape index (κ1) is 13.6. The molecule has 0 radical (unpaired) electrons. The number of rotatable bonds is 7. The van der Waals surface area contributed by atoms with E-state index in [1.165, 1.54) is 29.1 Å². The van der Waals surface area contributed by atoms with Crippen LogP contribution in [0, 0.1) is 0 Å². The largest absolute Gasteiger partial charge is 0.310 e. The number of nitrogens with one attached hydrogen (secondary N) is 1. The highest BCUT2D eigenvalue weighted by atomic mass is 32.2. The minimum atomic E-state index is 0.459. The zero-order chi connectivity index (χ0) is 11.8. The second kappa shape index (κ2) is 7.75. The molecule has 0 aliphatic heterocycles. The summed E-state index contributed by atoms with van der Waals surface area (Å²) >= 11 is 1.97. The van der Waals surface area contributed by atoms with Crippen LogP contribution in [-0.2, 0) is 0 Å². The molecule has 1 rings (SSSR count). The molecule has 0 saturated carbocycles. The lowest BCUT2D eigenvalue weighted by atomic mass is 10.1. The minimum Gasteiger partial charge on any atom is -0.310 e. The van der Waals surface area contributed by atoms with Gasteiger partial charge in [0.05, 0.1) is 0 Å². The number of hydrogen-bond acceptors (Lipinski definition) is 2. The SMILES string of the molecule is CCCNC(C)c1ccccc1SCCC. The van der Waals surface area contributed by atoms with Crippen LogP contribution >= 0.6 is 11.8 Å². The van der Waals surface area contributed by atoms with Gasteiger partial charge < -0.3 is 5.32 Å². The van der Waals surface area contributed by atoms with E-state index in [1.807, 2.05) is 11.8 Å². The highest BCUT2D eigenvalue weighted by Crippen LogP contribution is 2.27. The third kappa shape index (κ3) is 4.18. The van der Waals surface area contributed by atoms with Crippen LogP contribution in [0.1, 0.15) is 45.2 Å². The van der Waals surface area contributed by atoms with Gasteiger partial charge in [-0.3, -0.25) is 0 Å². The van der Waals surface area contributed by atoms with Gasteiger partial charge in [-0.1, -0.05) is 32.0 Å². The fourth-order valence-electron chi connectivity index (χ4n) is 1.65. The molecular weight excluding hydrogens is 214 g/mol. The second-order valence-corrected chi connectivity index (χ2v) is 5.20. The highest BCUT2D eigenvalue weighted by Gasteiger charge is 2.08. The quantitative estimate of drug-likeness (QED) is 0.712. The lowest BCUT2D eigenvalue weighted by molar-refractivity contribution is 0.564. The average Bonchev–Trinajstić information content (AvgIpc) is 2.33. The van der Waals surface area contributed by atoms with E-state index in [4.69, 9.17) is 0 Å². The molecule has 1 aromatic rings. The molecule has 0 aliphatic carbocycles. The summed E-state index contributed by atoms with van der Waals surface area (Å²) in [5.41, 5.74) is 1.44. The molecular formula is C14H23NS. The maximum Gasteiger partial charge on any atom is 0.0302 e. The molecule has 0 saturated heterocycles. The van der Waals surface area contributed by atoms with Gasteiger partial charge in [0.1, 0.15) is 0 Å². The van der Waals surface area contributed by atoms with E-state index in [0.717, 1.165) is 6.54 Å². The molecule has 0 aromatic heterocycles. The third-order valence-electron chi connectivity index (χ3n) is 2.55. The molecule has 16 heavy (non-hydrogen) atoms.